The highest BCUT2D eigenvalue weighted by molar-refractivity contribution is 7.91. The van der Waals surface area contributed by atoms with E-state index in [9.17, 15) is 8.42 Å². The van der Waals surface area contributed by atoms with Gasteiger partial charge in [0.05, 0.1) is 24.2 Å². The Morgan fingerprint density at radius 1 is 1.00 bits per heavy atom. The lowest BCUT2D eigenvalue weighted by Gasteiger charge is -2.06. The molecule has 124 valence electrons. The van der Waals surface area contributed by atoms with Crippen LogP contribution in [0.15, 0.2) is 67.0 Å². The smallest absolute Gasteiger partial charge is 0.237 e. The summed E-state index contributed by atoms with van der Waals surface area (Å²) in [6.07, 6.45) is 3.18. The number of aromatic nitrogens is 2. The Morgan fingerprint density at radius 2 is 1.71 bits per heavy atom. The van der Waals surface area contributed by atoms with E-state index in [1.807, 2.05) is 30.3 Å². The van der Waals surface area contributed by atoms with Crippen molar-refractivity contribution in [2.24, 2.45) is 0 Å². The SMILES string of the molecule is Nc1ccc(CS(=O)(=O)Nc2cnn(Cc3ccccc3)c2)cc1. The third-order valence-electron chi connectivity index (χ3n) is 3.43. The molecule has 0 amide bonds. The monoisotopic (exact) mass is 342 g/mol. The highest BCUT2D eigenvalue weighted by Gasteiger charge is 2.13. The molecule has 3 aromatic rings. The normalized spacial score (nSPS) is 11.3. The molecule has 1 heterocycles. The number of hydrogen-bond donors (Lipinski definition) is 2. The summed E-state index contributed by atoms with van der Waals surface area (Å²) >= 11 is 0. The standard InChI is InChI=1S/C17H18N4O2S/c18-16-8-6-15(7-9-16)13-24(22,23)20-17-10-19-21(12-17)11-14-4-2-1-3-5-14/h1-10,12,20H,11,13,18H2. The summed E-state index contributed by atoms with van der Waals surface area (Å²) in [5, 5.41) is 4.19. The van der Waals surface area contributed by atoms with Crippen LogP contribution in [-0.2, 0) is 22.3 Å². The number of nitrogens with two attached hydrogens (primary N) is 1. The number of nitrogens with one attached hydrogen (secondary N) is 1. The number of nitrogens with zero attached hydrogens (tertiary/aromatic N) is 2. The molecule has 6 nitrogen and oxygen atoms in total. The lowest BCUT2D eigenvalue weighted by atomic mass is 10.2. The molecule has 2 aromatic carbocycles. The fourth-order valence-electron chi connectivity index (χ4n) is 2.32. The molecule has 0 saturated heterocycles. The van der Waals surface area contributed by atoms with E-state index >= 15 is 0 Å². The van der Waals surface area contributed by atoms with E-state index in [1.54, 1.807) is 35.1 Å². The van der Waals surface area contributed by atoms with Gasteiger partial charge in [-0.2, -0.15) is 5.10 Å². The Morgan fingerprint density at radius 3 is 2.42 bits per heavy atom. The van der Waals surface area contributed by atoms with Crippen molar-refractivity contribution in [1.29, 1.82) is 0 Å². The second-order valence-corrected chi connectivity index (χ2v) is 7.24. The van der Waals surface area contributed by atoms with E-state index in [4.69, 9.17) is 5.73 Å². The predicted octanol–water partition coefficient (Wildman–Crippen LogP) is 2.46. The summed E-state index contributed by atoms with van der Waals surface area (Å²) in [7, 11) is -3.50. The molecule has 0 bridgehead atoms. The van der Waals surface area contributed by atoms with Crippen molar-refractivity contribution in [2.45, 2.75) is 12.3 Å². The Labute approximate surface area is 141 Å². The van der Waals surface area contributed by atoms with Crippen LogP contribution in [0, 0.1) is 0 Å². The van der Waals surface area contributed by atoms with Crippen LogP contribution in [0.5, 0.6) is 0 Å². The van der Waals surface area contributed by atoms with Gasteiger partial charge in [-0.05, 0) is 23.3 Å². The first kappa shape index (κ1) is 16.1. The summed E-state index contributed by atoms with van der Waals surface area (Å²) in [5.74, 6) is -0.114. The second kappa shape index (κ2) is 6.76. The fraction of sp³-hybridized carbons (Fsp3) is 0.118. The minimum absolute atomic E-state index is 0.114. The summed E-state index contributed by atoms with van der Waals surface area (Å²) in [6.45, 7) is 0.584. The van der Waals surface area contributed by atoms with Crippen molar-refractivity contribution < 1.29 is 8.42 Å². The molecule has 0 unspecified atom stereocenters. The topological polar surface area (TPSA) is 90.0 Å². The summed E-state index contributed by atoms with van der Waals surface area (Å²) < 4.78 is 28.7. The molecule has 0 fully saturated rings. The maximum absolute atomic E-state index is 12.2. The largest absolute Gasteiger partial charge is 0.399 e. The van der Waals surface area contributed by atoms with Crippen LogP contribution in [0.1, 0.15) is 11.1 Å². The lowest BCUT2D eigenvalue weighted by Crippen LogP contribution is -2.14. The van der Waals surface area contributed by atoms with Crippen LogP contribution in [0.3, 0.4) is 0 Å². The Hall–Kier alpha value is -2.80. The molecule has 0 atom stereocenters. The van der Waals surface area contributed by atoms with Gasteiger partial charge in [0, 0.05) is 11.9 Å². The maximum atomic E-state index is 12.2. The van der Waals surface area contributed by atoms with E-state index in [0.29, 0.717) is 23.5 Å². The molecular formula is C17H18N4O2S. The van der Waals surface area contributed by atoms with Gasteiger partial charge in [0.15, 0.2) is 0 Å². The van der Waals surface area contributed by atoms with Gasteiger partial charge in [-0.25, -0.2) is 8.42 Å². The van der Waals surface area contributed by atoms with Crippen molar-refractivity contribution in [3.63, 3.8) is 0 Å². The molecule has 0 radical (unpaired) electrons. The molecule has 24 heavy (non-hydrogen) atoms. The zero-order valence-electron chi connectivity index (χ0n) is 13.0. The number of benzene rings is 2. The highest BCUT2D eigenvalue weighted by Crippen LogP contribution is 2.14. The number of hydrogen-bond acceptors (Lipinski definition) is 4. The van der Waals surface area contributed by atoms with Crippen molar-refractivity contribution in [1.82, 2.24) is 9.78 Å². The van der Waals surface area contributed by atoms with E-state index < -0.39 is 10.0 Å². The molecule has 3 rings (SSSR count). The van der Waals surface area contributed by atoms with E-state index in [2.05, 4.69) is 9.82 Å². The minimum atomic E-state index is -3.50. The molecule has 3 N–H and O–H groups in total. The van der Waals surface area contributed by atoms with Gasteiger partial charge >= 0.3 is 0 Å². The van der Waals surface area contributed by atoms with Gasteiger partial charge in [0.1, 0.15) is 0 Å². The molecule has 1 aromatic heterocycles. The predicted molar refractivity (Wildman–Crippen MR) is 94.9 cm³/mol. The first-order chi connectivity index (χ1) is 11.5. The third-order valence-corrected chi connectivity index (χ3v) is 4.69. The summed E-state index contributed by atoms with van der Waals surface area (Å²) in [6, 6.07) is 16.6. The number of rotatable bonds is 6. The molecular weight excluding hydrogens is 324 g/mol. The average molecular weight is 342 g/mol. The van der Waals surface area contributed by atoms with Gasteiger partial charge in [0.2, 0.25) is 10.0 Å². The molecule has 0 spiro atoms. The highest BCUT2D eigenvalue weighted by atomic mass is 32.2. The van der Waals surface area contributed by atoms with Gasteiger partial charge in [0.25, 0.3) is 0 Å². The van der Waals surface area contributed by atoms with Crippen LogP contribution in [-0.4, -0.2) is 18.2 Å². The fourth-order valence-corrected chi connectivity index (χ4v) is 3.49. The van der Waals surface area contributed by atoms with Crippen LogP contribution >= 0.6 is 0 Å². The van der Waals surface area contributed by atoms with Gasteiger partial charge in [-0.15, -0.1) is 0 Å². The van der Waals surface area contributed by atoms with Crippen LogP contribution < -0.4 is 10.5 Å². The Kier molecular flexibility index (Phi) is 4.52. The van der Waals surface area contributed by atoms with Gasteiger partial charge in [-0.3, -0.25) is 9.40 Å². The molecule has 0 saturated carbocycles. The summed E-state index contributed by atoms with van der Waals surface area (Å²) in [4.78, 5) is 0. The zero-order chi connectivity index (χ0) is 17.0. The third kappa shape index (κ3) is 4.36. The van der Waals surface area contributed by atoms with Crippen molar-refractivity contribution >= 4 is 21.4 Å². The van der Waals surface area contributed by atoms with Gasteiger partial charge in [-0.1, -0.05) is 42.5 Å². The molecule has 0 aliphatic heterocycles. The molecule has 0 aliphatic rings. The minimum Gasteiger partial charge on any atom is -0.399 e. The molecule has 7 heteroatoms. The van der Waals surface area contributed by atoms with E-state index in [0.717, 1.165) is 5.56 Å². The number of anilines is 2. The first-order valence-electron chi connectivity index (χ1n) is 7.41. The molecule has 0 aliphatic carbocycles. The summed E-state index contributed by atoms with van der Waals surface area (Å²) in [5.41, 5.74) is 8.42. The van der Waals surface area contributed by atoms with Crippen molar-refractivity contribution in [3.8, 4) is 0 Å². The van der Waals surface area contributed by atoms with Crippen LogP contribution in [0.2, 0.25) is 0 Å². The Balaban J connectivity index is 1.66. The van der Waals surface area contributed by atoms with Crippen LogP contribution in [0.4, 0.5) is 11.4 Å². The maximum Gasteiger partial charge on any atom is 0.237 e. The zero-order valence-corrected chi connectivity index (χ0v) is 13.8. The quantitative estimate of drug-likeness (QED) is 0.673. The Bertz CT molecular complexity index is 903. The average Bonchev–Trinajstić information content (AvgIpc) is 2.96. The van der Waals surface area contributed by atoms with Crippen molar-refractivity contribution in [3.05, 3.63) is 78.1 Å². The second-order valence-electron chi connectivity index (χ2n) is 5.51. The number of nitrogen functional groups attached to an aromatic ring is 1. The van der Waals surface area contributed by atoms with Crippen LogP contribution in [0.25, 0.3) is 0 Å². The first-order valence-corrected chi connectivity index (χ1v) is 9.07. The van der Waals surface area contributed by atoms with E-state index in [-0.39, 0.29) is 5.75 Å². The van der Waals surface area contributed by atoms with E-state index in [1.165, 1.54) is 6.20 Å². The number of sulfonamides is 1. The van der Waals surface area contributed by atoms with Gasteiger partial charge < -0.3 is 5.73 Å². The lowest BCUT2D eigenvalue weighted by molar-refractivity contribution is 0.600. The van der Waals surface area contributed by atoms with Crippen molar-refractivity contribution in [2.75, 3.05) is 10.5 Å².